The fraction of sp³-hybridized carbons (Fsp3) is 0. The molecule has 0 aromatic carbocycles. The van der Waals surface area contributed by atoms with Crippen molar-refractivity contribution in [3.8, 4) is 0 Å². The first-order valence-electron chi connectivity index (χ1n) is 1.76. The molecular weight excluding hydrogens is 234 g/mol. The van der Waals surface area contributed by atoms with Gasteiger partial charge in [-0.05, 0) is 0 Å². The van der Waals surface area contributed by atoms with Gasteiger partial charge in [0.05, 0.1) is 0 Å². The number of nitrogens with one attached hydrogen (secondary N) is 1. The fourth-order valence-corrected chi connectivity index (χ4v) is 0.241. The first kappa shape index (κ1) is 8.48. The molecule has 1 N–H and O–H groups in total. The summed E-state index contributed by atoms with van der Waals surface area (Å²) < 4.78 is 0. The molecule has 0 aliphatic rings. The molecule has 0 saturated carbocycles. The van der Waals surface area contributed by atoms with Crippen LogP contribution in [-0.2, 0) is 15.1 Å². The van der Waals surface area contributed by atoms with E-state index in [1.54, 1.807) is 0 Å². The minimum absolute atomic E-state index is 0.346. The molecule has 1 rings (SSSR count). The summed E-state index contributed by atoms with van der Waals surface area (Å²) in [5, 5.41) is 0. The van der Waals surface area contributed by atoms with Crippen LogP contribution in [0.15, 0.2) is 18.3 Å². The van der Waals surface area contributed by atoms with E-state index in [1.165, 1.54) is 0 Å². The number of hydrogen-bond donors (Lipinski definition) is 1. The van der Waals surface area contributed by atoms with Gasteiger partial charge in [0.2, 0.25) is 0 Å². The van der Waals surface area contributed by atoms with Gasteiger partial charge in [0.25, 0.3) is 0 Å². The molecule has 1 aromatic heterocycles. The molecule has 8 heavy (non-hydrogen) atoms. The van der Waals surface area contributed by atoms with E-state index in [2.05, 4.69) is 11.2 Å². The summed E-state index contributed by atoms with van der Waals surface area (Å²) in [5.74, 6) is 0. The van der Waals surface area contributed by atoms with Gasteiger partial charge in [0, 0.05) is 0 Å². The molecule has 1 aromatic rings. The van der Waals surface area contributed by atoms with Crippen molar-refractivity contribution in [2.45, 2.75) is 0 Å². The van der Waals surface area contributed by atoms with E-state index in [1.807, 2.05) is 18.3 Å². The Hall–Kier alpha value is 0.483. The first-order chi connectivity index (χ1) is 3.91. The molecule has 0 unspecified atom stereocenters. The molecule has 0 atom stereocenters. The second-order valence-corrected chi connectivity index (χ2v) is 3.50. The van der Waals surface area contributed by atoms with Crippen molar-refractivity contribution in [3.05, 3.63) is 24.5 Å². The predicted molar refractivity (Wildman–Crippen MR) is 31.3 cm³/mol. The zero-order valence-corrected chi connectivity index (χ0v) is 7.09. The summed E-state index contributed by atoms with van der Waals surface area (Å²) in [6.07, 6.45) is 4.56. The number of halogens is 2. The van der Waals surface area contributed by atoms with E-state index in [9.17, 15) is 0 Å². The standard InChI is InChI=1S/C4H4N.2ClH.Ru/c1-2-4-5-3-1;;;/h1-3,5H;2*1H;/q-1;;;+2/p-2. The topological polar surface area (TPSA) is 15.8 Å². The van der Waals surface area contributed by atoms with Crippen LogP contribution >= 0.6 is 19.4 Å². The maximum atomic E-state index is 4.85. The average Bonchev–Trinajstić information content (AvgIpc) is 2.17. The van der Waals surface area contributed by atoms with Crippen molar-refractivity contribution < 1.29 is 15.1 Å². The summed E-state index contributed by atoms with van der Waals surface area (Å²) >= 11 is -0.346. The molecule has 0 amide bonds. The van der Waals surface area contributed by atoms with Crippen molar-refractivity contribution in [1.29, 1.82) is 0 Å². The Bertz CT molecular complexity index is 80.9. The Morgan fingerprint density at radius 3 is 2.25 bits per heavy atom. The van der Waals surface area contributed by atoms with E-state index in [-0.39, 0.29) is 15.1 Å². The van der Waals surface area contributed by atoms with Crippen LogP contribution < -0.4 is 0 Å². The fourth-order valence-electron chi connectivity index (χ4n) is 0.241. The second-order valence-electron chi connectivity index (χ2n) is 0.865. The third kappa shape index (κ3) is 6.48. The number of H-pyrrole nitrogens is 1. The smallest absolute Gasteiger partial charge is 0.108 e. The van der Waals surface area contributed by atoms with Crippen LogP contribution in [0.1, 0.15) is 0 Å². The molecule has 0 aliphatic heterocycles. The van der Waals surface area contributed by atoms with Gasteiger partial charge in [0.15, 0.2) is 0 Å². The monoisotopic (exact) mass is 238 g/mol. The SMILES string of the molecule is [Cl][Ru][Cl].[c-]1ccc[nH]1. The molecule has 1 heterocycles. The summed E-state index contributed by atoms with van der Waals surface area (Å²) in [6, 6.07) is 3.71. The molecule has 0 fully saturated rings. The van der Waals surface area contributed by atoms with Gasteiger partial charge < -0.3 is 4.98 Å². The molecule has 0 bridgehead atoms. The first-order valence-corrected chi connectivity index (χ1v) is 6.24. The minimum Gasteiger partial charge on any atom is -0.484 e. The molecule has 0 radical (unpaired) electrons. The summed E-state index contributed by atoms with van der Waals surface area (Å²) in [6.45, 7) is 0. The van der Waals surface area contributed by atoms with Crippen LogP contribution in [0.3, 0.4) is 0 Å². The summed E-state index contributed by atoms with van der Waals surface area (Å²) in [5.41, 5.74) is 0. The third-order valence-electron chi connectivity index (χ3n) is 0.442. The van der Waals surface area contributed by atoms with Crippen molar-refractivity contribution >= 4 is 19.4 Å². The van der Waals surface area contributed by atoms with E-state index in [0.717, 1.165) is 0 Å². The largest absolute Gasteiger partial charge is 0.484 e. The zero-order chi connectivity index (χ0) is 6.24. The van der Waals surface area contributed by atoms with Crippen LogP contribution in [0.25, 0.3) is 0 Å². The quantitative estimate of drug-likeness (QED) is 0.526. The number of hydrogen-bond acceptors (Lipinski definition) is 0. The van der Waals surface area contributed by atoms with Crippen LogP contribution in [0.5, 0.6) is 0 Å². The minimum atomic E-state index is -0.346. The Kier molecular flexibility index (Phi) is 7.94. The van der Waals surface area contributed by atoms with E-state index < -0.39 is 0 Å². The van der Waals surface area contributed by atoms with Gasteiger partial charge in [-0.3, -0.25) is 0 Å². The molecule has 1 nitrogen and oxygen atoms in total. The van der Waals surface area contributed by atoms with Gasteiger partial charge in [-0.25, -0.2) is 0 Å². The molecule has 4 heteroatoms. The summed E-state index contributed by atoms with van der Waals surface area (Å²) in [4.78, 5) is 2.74. The maximum absolute atomic E-state index is 4.85. The Morgan fingerprint density at radius 1 is 1.50 bits per heavy atom. The van der Waals surface area contributed by atoms with Crippen molar-refractivity contribution in [2.75, 3.05) is 0 Å². The van der Waals surface area contributed by atoms with Crippen LogP contribution in [0.4, 0.5) is 0 Å². The maximum Gasteiger partial charge on any atom is -0.108 e. The van der Waals surface area contributed by atoms with Crippen LogP contribution in [0, 0.1) is 6.20 Å². The van der Waals surface area contributed by atoms with Gasteiger partial charge in [-0.1, -0.05) is 0 Å². The Balaban J connectivity index is 0.000000145. The summed E-state index contributed by atoms with van der Waals surface area (Å²) in [7, 11) is 9.71. The van der Waals surface area contributed by atoms with Crippen LogP contribution in [0.2, 0.25) is 0 Å². The second kappa shape index (κ2) is 7.48. The number of aromatic nitrogens is 1. The molecule has 0 spiro atoms. The van der Waals surface area contributed by atoms with Crippen molar-refractivity contribution in [2.24, 2.45) is 0 Å². The van der Waals surface area contributed by atoms with Gasteiger partial charge in [0.1, 0.15) is 0 Å². The van der Waals surface area contributed by atoms with Gasteiger partial charge in [-0.15, -0.1) is 6.20 Å². The number of rotatable bonds is 0. The van der Waals surface area contributed by atoms with Gasteiger partial charge >= 0.3 is 34.5 Å². The predicted octanol–water partition coefficient (Wildman–Crippen LogP) is 2.19. The van der Waals surface area contributed by atoms with Crippen molar-refractivity contribution in [1.82, 2.24) is 4.98 Å². The Labute approximate surface area is 64.1 Å². The number of aromatic amines is 1. The van der Waals surface area contributed by atoms with E-state index >= 15 is 0 Å². The molecule has 0 saturated heterocycles. The van der Waals surface area contributed by atoms with Crippen LogP contribution in [-0.4, -0.2) is 4.98 Å². The van der Waals surface area contributed by atoms with Crippen molar-refractivity contribution in [3.63, 3.8) is 0 Å². The van der Waals surface area contributed by atoms with E-state index in [0.29, 0.717) is 0 Å². The molecule has 0 aliphatic carbocycles. The third-order valence-corrected chi connectivity index (χ3v) is 0.442. The van der Waals surface area contributed by atoms with E-state index in [4.69, 9.17) is 19.4 Å². The normalized spacial score (nSPS) is 7.75. The zero-order valence-electron chi connectivity index (χ0n) is 3.84. The van der Waals surface area contributed by atoms with Gasteiger partial charge in [-0.2, -0.15) is 18.3 Å². The average molecular weight is 238 g/mol. The molecule has 48 valence electrons. The Morgan fingerprint density at radius 2 is 2.12 bits per heavy atom. The molecular formula is C4H4Cl2NRu-.